The van der Waals surface area contributed by atoms with Crippen LogP contribution in [0.4, 0.5) is 13.2 Å². The number of amides is 1. The second-order valence-electron chi connectivity index (χ2n) is 8.97. The van der Waals surface area contributed by atoms with Crippen molar-refractivity contribution in [1.29, 1.82) is 0 Å². The first-order valence-electron chi connectivity index (χ1n) is 12.0. The molecule has 0 saturated carbocycles. The number of hydrogen-bond donors (Lipinski definition) is 0. The summed E-state index contributed by atoms with van der Waals surface area (Å²) in [5.74, 6) is 0.671. The van der Waals surface area contributed by atoms with E-state index in [0.717, 1.165) is 23.3 Å². The summed E-state index contributed by atoms with van der Waals surface area (Å²) in [6.45, 7) is 1.20. The molecule has 4 rings (SSSR count). The number of aromatic nitrogens is 1. The average molecular weight is 524 g/mol. The number of carbonyl (C=O) groups excluding carboxylic acids is 1. The molecule has 0 unspecified atom stereocenters. The number of carbonyl (C=O) groups is 1. The molecule has 0 bridgehead atoms. The van der Waals surface area contributed by atoms with E-state index in [-0.39, 0.29) is 30.6 Å². The van der Waals surface area contributed by atoms with Crippen LogP contribution in [0.2, 0.25) is 0 Å². The highest BCUT2D eigenvalue weighted by Crippen LogP contribution is 2.30. The molecular formula is C29H28F3N3O3. The van der Waals surface area contributed by atoms with Crippen molar-refractivity contribution >= 4 is 5.91 Å². The van der Waals surface area contributed by atoms with Crippen LogP contribution in [0.3, 0.4) is 0 Å². The van der Waals surface area contributed by atoms with Crippen molar-refractivity contribution in [2.24, 2.45) is 0 Å². The predicted octanol–water partition coefficient (Wildman–Crippen LogP) is 6.18. The van der Waals surface area contributed by atoms with Gasteiger partial charge in [-0.15, -0.1) is 0 Å². The molecule has 1 heterocycles. The molecule has 198 valence electrons. The summed E-state index contributed by atoms with van der Waals surface area (Å²) >= 11 is 0. The van der Waals surface area contributed by atoms with E-state index in [1.54, 1.807) is 25.1 Å². The highest BCUT2D eigenvalue weighted by atomic mass is 19.4. The van der Waals surface area contributed by atoms with Gasteiger partial charge in [-0.05, 0) is 34.9 Å². The summed E-state index contributed by atoms with van der Waals surface area (Å²) in [5.41, 5.74) is 1.84. The van der Waals surface area contributed by atoms with Crippen molar-refractivity contribution in [3.63, 3.8) is 0 Å². The second-order valence-corrected chi connectivity index (χ2v) is 8.97. The Morgan fingerprint density at radius 2 is 1.53 bits per heavy atom. The van der Waals surface area contributed by atoms with E-state index in [9.17, 15) is 18.0 Å². The van der Waals surface area contributed by atoms with Gasteiger partial charge in [0, 0.05) is 26.7 Å². The van der Waals surface area contributed by atoms with Crippen LogP contribution < -0.4 is 4.74 Å². The first kappa shape index (κ1) is 26.9. The van der Waals surface area contributed by atoms with Gasteiger partial charge in [-0.2, -0.15) is 13.2 Å². The first-order chi connectivity index (χ1) is 18.2. The number of methoxy groups -OCH3 is 1. The van der Waals surface area contributed by atoms with Crippen LogP contribution in [0, 0.1) is 0 Å². The third-order valence-electron chi connectivity index (χ3n) is 5.94. The van der Waals surface area contributed by atoms with E-state index in [2.05, 4.69) is 4.98 Å². The Bertz CT molecular complexity index is 1360. The van der Waals surface area contributed by atoms with Crippen LogP contribution in [-0.4, -0.2) is 34.8 Å². The summed E-state index contributed by atoms with van der Waals surface area (Å²) in [6.07, 6.45) is -3.12. The fraction of sp³-hybridized carbons (Fsp3) is 0.241. The van der Waals surface area contributed by atoms with E-state index in [1.165, 1.54) is 12.3 Å². The van der Waals surface area contributed by atoms with Crippen LogP contribution in [-0.2, 0) is 32.4 Å². The van der Waals surface area contributed by atoms with Crippen molar-refractivity contribution in [3.8, 4) is 5.75 Å². The van der Waals surface area contributed by atoms with Gasteiger partial charge in [0.1, 0.15) is 12.0 Å². The molecule has 0 aliphatic carbocycles. The number of oxazole rings is 1. The van der Waals surface area contributed by atoms with Gasteiger partial charge in [0.05, 0.1) is 19.2 Å². The lowest BCUT2D eigenvalue weighted by molar-refractivity contribution is -0.137. The number of ether oxygens (including phenoxy) is 1. The van der Waals surface area contributed by atoms with E-state index in [4.69, 9.17) is 9.15 Å². The number of rotatable bonds is 10. The van der Waals surface area contributed by atoms with Crippen molar-refractivity contribution in [3.05, 3.63) is 119 Å². The molecule has 0 spiro atoms. The number of benzene rings is 3. The van der Waals surface area contributed by atoms with Crippen LogP contribution >= 0.6 is 0 Å². The molecule has 0 N–H and O–H groups in total. The van der Waals surface area contributed by atoms with Gasteiger partial charge in [0.25, 0.3) is 5.91 Å². The van der Waals surface area contributed by atoms with Gasteiger partial charge in [0.15, 0.2) is 5.69 Å². The van der Waals surface area contributed by atoms with E-state index in [1.807, 2.05) is 59.5 Å². The Kier molecular flexibility index (Phi) is 8.48. The molecule has 6 nitrogen and oxygen atoms in total. The van der Waals surface area contributed by atoms with Crippen LogP contribution in [0.1, 0.15) is 38.6 Å². The number of alkyl halides is 3. The Morgan fingerprint density at radius 1 is 0.868 bits per heavy atom. The van der Waals surface area contributed by atoms with Crippen molar-refractivity contribution < 1.29 is 27.1 Å². The molecule has 0 aliphatic heterocycles. The Balaban J connectivity index is 1.52. The maximum atomic E-state index is 13.3. The fourth-order valence-electron chi connectivity index (χ4n) is 4.10. The van der Waals surface area contributed by atoms with Gasteiger partial charge >= 0.3 is 6.18 Å². The largest absolute Gasteiger partial charge is 0.497 e. The molecule has 1 amide bonds. The Morgan fingerprint density at radius 3 is 2.21 bits per heavy atom. The smallest absolute Gasteiger partial charge is 0.416 e. The summed E-state index contributed by atoms with van der Waals surface area (Å²) < 4.78 is 50.7. The maximum Gasteiger partial charge on any atom is 0.416 e. The zero-order valence-corrected chi connectivity index (χ0v) is 21.1. The molecule has 3 aromatic carbocycles. The van der Waals surface area contributed by atoms with Gasteiger partial charge in [-0.1, -0.05) is 60.7 Å². The van der Waals surface area contributed by atoms with Crippen LogP contribution in [0.15, 0.2) is 89.5 Å². The first-order valence-corrected chi connectivity index (χ1v) is 12.0. The molecule has 1 aromatic heterocycles. The predicted molar refractivity (Wildman–Crippen MR) is 136 cm³/mol. The van der Waals surface area contributed by atoms with Gasteiger partial charge in [0.2, 0.25) is 5.89 Å². The number of halogens is 3. The molecule has 0 aliphatic rings. The van der Waals surface area contributed by atoms with Crippen molar-refractivity contribution in [2.45, 2.75) is 32.4 Å². The standard InChI is InChI=1S/C29H28F3N3O3/c1-34(16-21-8-4-3-5-9-21)28(36)26-20-38-27(33-26)19-35(18-23-11-7-13-25(15-23)37-2)17-22-10-6-12-24(14-22)29(30,31)32/h3-15,20H,16-19H2,1-2H3. The Labute approximate surface area is 219 Å². The maximum absolute atomic E-state index is 13.3. The van der Waals surface area contributed by atoms with E-state index >= 15 is 0 Å². The highest BCUT2D eigenvalue weighted by Gasteiger charge is 2.30. The zero-order valence-electron chi connectivity index (χ0n) is 21.1. The number of hydrogen-bond acceptors (Lipinski definition) is 5. The molecule has 0 saturated heterocycles. The van der Waals surface area contributed by atoms with Gasteiger partial charge < -0.3 is 14.1 Å². The van der Waals surface area contributed by atoms with Crippen molar-refractivity contribution in [2.75, 3.05) is 14.2 Å². The van der Waals surface area contributed by atoms with Crippen molar-refractivity contribution in [1.82, 2.24) is 14.8 Å². The molecular weight excluding hydrogens is 495 g/mol. The molecule has 4 aromatic rings. The Hall–Kier alpha value is -4.11. The molecule has 0 atom stereocenters. The summed E-state index contributed by atoms with van der Waals surface area (Å²) in [6, 6.07) is 22.3. The lowest BCUT2D eigenvalue weighted by Crippen LogP contribution is -2.26. The molecule has 0 fully saturated rings. The van der Waals surface area contributed by atoms with Gasteiger partial charge in [-0.25, -0.2) is 4.98 Å². The lowest BCUT2D eigenvalue weighted by Gasteiger charge is -2.22. The minimum absolute atomic E-state index is 0.166. The second kappa shape index (κ2) is 12.0. The van der Waals surface area contributed by atoms with Crippen LogP contribution in [0.25, 0.3) is 0 Å². The van der Waals surface area contributed by atoms with E-state index < -0.39 is 11.7 Å². The highest BCUT2D eigenvalue weighted by molar-refractivity contribution is 5.91. The third kappa shape index (κ3) is 7.23. The molecule has 0 radical (unpaired) electrons. The summed E-state index contributed by atoms with van der Waals surface area (Å²) in [4.78, 5) is 20.7. The average Bonchev–Trinajstić information content (AvgIpc) is 3.37. The minimum atomic E-state index is -4.43. The third-order valence-corrected chi connectivity index (χ3v) is 5.94. The lowest BCUT2D eigenvalue weighted by atomic mass is 10.1. The summed E-state index contributed by atoms with van der Waals surface area (Å²) in [7, 11) is 3.26. The van der Waals surface area contributed by atoms with Crippen LogP contribution in [0.5, 0.6) is 5.75 Å². The fourth-order valence-corrected chi connectivity index (χ4v) is 4.10. The normalized spacial score (nSPS) is 11.5. The van der Waals surface area contributed by atoms with E-state index in [0.29, 0.717) is 24.4 Å². The van der Waals surface area contributed by atoms with Gasteiger partial charge in [-0.3, -0.25) is 9.69 Å². The molecule has 9 heteroatoms. The minimum Gasteiger partial charge on any atom is -0.497 e. The topological polar surface area (TPSA) is 58.8 Å². The monoisotopic (exact) mass is 523 g/mol. The summed E-state index contributed by atoms with van der Waals surface area (Å²) in [5, 5.41) is 0. The quantitative estimate of drug-likeness (QED) is 0.249. The number of nitrogens with zero attached hydrogens (tertiary/aromatic N) is 3. The molecule has 38 heavy (non-hydrogen) atoms. The zero-order chi connectivity index (χ0) is 27.1. The SMILES string of the molecule is COc1cccc(CN(Cc2cccc(C(F)(F)F)c2)Cc2nc(C(=O)N(C)Cc3ccccc3)co2)c1.